The van der Waals surface area contributed by atoms with Crippen molar-refractivity contribution in [2.75, 3.05) is 18.1 Å². The maximum absolute atomic E-state index is 12.2. The molecule has 1 aliphatic rings. The van der Waals surface area contributed by atoms with Crippen molar-refractivity contribution in [3.8, 4) is 16.9 Å². The molecule has 3 aromatic carbocycles. The molecular formula is C25H25N3O5. The van der Waals surface area contributed by atoms with Crippen molar-refractivity contribution in [2.45, 2.75) is 13.0 Å². The minimum absolute atomic E-state index is 0.00967. The lowest BCUT2D eigenvalue weighted by Crippen LogP contribution is -2.26. The van der Waals surface area contributed by atoms with E-state index in [1.165, 1.54) is 0 Å². The number of nitrogen functional groups attached to an aromatic ring is 1. The average molecular weight is 447 g/mol. The van der Waals surface area contributed by atoms with Crippen LogP contribution in [0.1, 0.15) is 12.5 Å². The summed E-state index contributed by atoms with van der Waals surface area (Å²) in [5.74, 6) is -0.115. The molecule has 1 heterocycles. The Bertz CT molecular complexity index is 1110. The van der Waals surface area contributed by atoms with E-state index in [0.29, 0.717) is 17.8 Å². The lowest BCUT2D eigenvalue weighted by atomic mass is 10.1. The van der Waals surface area contributed by atoms with Gasteiger partial charge in [-0.15, -0.1) is 0 Å². The average Bonchev–Trinajstić information content (AvgIpc) is 3.18. The SMILES string of the molecule is CC(=O)O.N=C(N)c1ccc(N2CC(COc3cccc(-c4ccccc4)c3)OC2=O)cc1. The van der Waals surface area contributed by atoms with Crippen molar-refractivity contribution in [1.82, 2.24) is 0 Å². The molecule has 1 atom stereocenters. The molecule has 1 unspecified atom stereocenters. The zero-order valence-corrected chi connectivity index (χ0v) is 18.1. The molecule has 4 N–H and O–H groups in total. The van der Waals surface area contributed by atoms with Gasteiger partial charge < -0.3 is 20.3 Å². The highest BCUT2D eigenvalue weighted by molar-refractivity contribution is 5.96. The molecule has 170 valence electrons. The van der Waals surface area contributed by atoms with E-state index in [-0.39, 0.29) is 18.5 Å². The van der Waals surface area contributed by atoms with E-state index in [0.717, 1.165) is 23.8 Å². The predicted octanol–water partition coefficient (Wildman–Crippen LogP) is 4.13. The Morgan fingerprint density at radius 3 is 2.36 bits per heavy atom. The maximum atomic E-state index is 12.2. The maximum Gasteiger partial charge on any atom is 0.414 e. The predicted molar refractivity (Wildman–Crippen MR) is 126 cm³/mol. The Kier molecular flexibility index (Phi) is 7.64. The lowest BCUT2D eigenvalue weighted by molar-refractivity contribution is -0.134. The smallest absolute Gasteiger partial charge is 0.414 e. The van der Waals surface area contributed by atoms with Crippen molar-refractivity contribution in [3.05, 3.63) is 84.4 Å². The second-order valence-corrected chi connectivity index (χ2v) is 7.30. The number of ether oxygens (including phenoxy) is 2. The van der Waals surface area contributed by atoms with Crippen LogP contribution in [0.4, 0.5) is 10.5 Å². The first-order valence-electron chi connectivity index (χ1n) is 10.2. The number of nitrogens with one attached hydrogen (secondary N) is 1. The molecule has 1 fully saturated rings. The van der Waals surface area contributed by atoms with Crippen LogP contribution < -0.4 is 15.4 Å². The largest absolute Gasteiger partial charge is 0.490 e. The molecular weight excluding hydrogens is 422 g/mol. The highest BCUT2D eigenvalue weighted by Gasteiger charge is 2.32. The summed E-state index contributed by atoms with van der Waals surface area (Å²) >= 11 is 0. The number of amidine groups is 1. The van der Waals surface area contributed by atoms with Crippen molar-refractivity contribution in [3.63, 3.8) is 0 Å². The molecule has 8 heteroatoms. The van der Waals surface area contributed by atoms with Crippen LogP contribution in [0, 0.1) is 5.41 Å². The molecule has 0 saturated carbocycles. The van der Waals surface area contributed by atoms with Crippen LogP contribution in [0.25, 0.3) is 11.1 Å². The summed E-state index contributed by atoms with van der Waals surface area (Å²) in [6.07, 6.45) is -0.775. The summed E-state index contributed by atoms with van der Waals surface area (Å²) in [7, 11) is 0. The molecule has 0 radical (unpaired) electrons. The van der Waals surface area contributed by atoms with Gasteiger partial charge in [-0.05, 0) is 47.5 Å². The molecule has 1 amide bonds. The fourth-order valence-corrected chi connectivity index (χ4v) is 3.23. The molecule has 8 nitrogen and oxygen atoms in total. The third-order valence-electron chi connectivity index (χ3n) is 4.74. The molecule has 3 aromatic rings. The number of nitrogens with two attached hydrogens (primary N) is 1. The van der Waals surface area contributed by atoms with Crippen LogP contribution in [0.3, 0.4) is 0 Å². The van der Waals surface area contributed by atoms with Gasteiger partial charge in [0.1, 0.15) is 18.2 Å². The zero-order chi connectivity index (χ0) is 23.8. The number of rotatable bonds is 6. The summed E-state index contributed by atoms with van der Waals surface area (Å²) in [5.41, 5.74) is 8.97. The number of hydrogen-bond acceptors (Lipinski definition) is 5. The van der Waals surface area contributed by atoms with Gasteiger partial charge in [0, 0.05) is 18.2 Å². The summed E-state index contributed by atoms with van der Waals surface area (Å²) < 4.78 is 11.3. The van der Waals surface area contributed by atoms with Gasteiger partial charge in [0.05, 0.1) is 6.54 Å². The fraction of sp³-hybridized carbons (Fsp3) is 0.160. The number of anilines is 1. The molecule has 0 aliphatic carbocycles. The van der Waals surface area contributed by atoms with Gasteiger partial charge in [-0.3, -0.25) is 15.1 Å². The third kappa shape index (κ3) is 6.57. The summed E-state index contributed by atoms with van der Waals surface area (Å²) in [4.78, 5) is 22.8. The Labute approximate surface area is 191 Å². The van der Waals surface area contributed by atoms with E-state index in [9.17, 15) is 4.79 Å². The van der Waals surface area contributed by atoms with Crippen LogP contribution in [-0.4, -0.2) is 42.3 Å². The number of benzene rings is 3. The van der Waals surface area contributed by atoms with Gasteiger partial charge in [-0.25, -0.2) is 4.79 Å². The molecule has 33 heavy (non-hydrogen) atoms. The number of carbonyl (C=O) groups is 2. The van der Waals surface area contributed by atoms with Gasteiger partial charge in [-0.2, -0.15) is 0 Å². The van der Waals surface area contributed by atoms with Gasteiger partial charge >= 0.3 is 6.09 Å². The van der Waals surface area contributed by atoms with Crippen molar-refractivity contribution in [2.24, 2.45) is 5.73 Å². The summed E-state index contributed by atoms with van der Waals surface area (Å²) in [6.45, 7) is 1.75. The molecule has 4 rings (SSSR count). The summed E-state index contributed by atoms with van der Waals surface area (Å²) in [6, 6.07) is 24.9. The van der Waals surface area contributed by atoms with Gasteiger partial charge in [0.2, 0.25) is 0 Å². The normalized spacial score (nSPS) is 14.6. The van der Waals surface area contributed by atoms with E-state index in [1.807, 2.05) is 54.6 Å². The second-order valence-electron chi connectivity index (χ2n) is 7.30. The summed E-state index contributed by atoms with van der Waals surface area (Å²) in [5, 5.41) is 14.9. The Hall–Kier alpha value is -4.33. The number of aliphatic carboxylic acids is 1. The first-order chi connectivity index (χ1) is 15.8. The number of amides is 1. The third-order valence-corrected chi connectivity index (χ3v) is 4.74. The number of carboxylic acids is 1. The first-order valence-corrected chi connectivity index (χ1v) is 10.2. The first kappa shape index (κ1) is 23.3. The number of hydrogen-bond donors (Lipinski definition) is 3. The molecule has 1 aliphatic heterocycles. The van der Waals surface area contributed by atoms with E-state index >= 15 is 0 Å². The monoisotopic (exact) mass is 447 g/mol. The Morgan fingerprint density at radius 1 is 1.09 bits per heavy atom. The topological polar surface area (TPSA) is 126 Å². The quantitative estimate of drug-likeness (QED) is 0.385. The van der Waals surface area contributed by atoms with Crippen LogP contribution in [0.15, 0.2) is 78.9 Å². The Balaban J connectivity index is 0.000000709. The minimum atomic E-state index is -0.833. The minimum Gasteiger partial charge on any atom is -0.490 e. The highest BCUT2D eigenvalue weighted by Crippen LogP contribution is 2.25. The van der Waals surface area contributed by atoms with Gasteiger partial charge in [-0.1, -0.05) is 42.5 Å². The number of carboxylic acid groups (broad SMARTS) is 1. The second kappa shape index (κ2) is 10.8. The van der Waals surface area contributed by atoms with Gasteiger partial charge in [0.25, 0.3) is 5.97 Å². The van der Waals surface area contributed by atoms with Crippen molar-refractivity contribution >= 4 is 23.6 Å². The van der Waals surface area contributed by atoms with E-state index < -0.39 is 12.1 Å². The Morgan fingerprint density at radius 2 is 1.73 bits per heavy atom. The number of nitrogens with zero attached hydrogens (tertiary/aromatic N) is 1. The van der Waals surface area contributed by atoms with E-state index in [2.05, 4.69) is 0 Å². The number of carbonyl (C=O) groups excluding carboxylic acids is 1. The molecule has 1 saturated heterocycles. The molecule has 0 spiro atoms. The van der Waals surface area contributed by atoms with Crippen LogP contribution >= 0.6 is 0 Å². The van der Waals surface area contributed by atoms with Crippen LogP contribution in [0.5, 0.6) is 5.75 Å². The molecule has 0 bridgehead atoms. The molecule has 0 aromatic heterocycles. The van der Waals surface area contributed by atoms with Crippen molar-refractivity contribution < 1.29 is 24.2 Å². The van der Waals surface area contributed by atoms with Crippen molar-refractivity contribution in [1.29, 1.82) is 5.41 Å². The van der Waals surface area contributed by atoms with Crippen LogP contribution in [-0.2, 0) is 9.53 Å². The van der Waals surface area contributed by atoms with E-state index in [1.54, 1.807) is 29.2 Å². The van der Waals surface area contributed by atoms with Crippen LogP contribution in [0.2, 0.25) is 0 Å². The number of cyclic esters (lactones) is 1. The fourth-order valence-electron chi connectivity index (χ4n) is 3.23. The zero-order valence-electron chi connectivity index (χ0n) is 18.1. The lowest BCUT2D eigenvalue weighted by Gasteiger charge is -2.14. The highest BCUT2D eigenvalue weighted by atomic mass is 16.6. The standard InChI is InChI=1S/C23H21N3O3.C2H4O2/c24-22(25)17-9-11-19(12-10-17)26-14-21(29-23(26)27)15-28-20-8-4-7-18(13-20)16-5-2-1-3-6-16;1-2(3)4/h1-13,21H,14-15H2,(H3,24,25);1H3,(H,3,4). The van der Waals surface area contributed by atoms with E-state index in [4.69, 9.17) is 30.5 Å². The van der Waals surface area contributed by atoms with Gasteiger partial charge in [0.15, 0.2) is 6.10 Å².